The molecule has 0 aromatic heterocycles. The molecular formula is C10H16O2. The van der Waals surface area contributed by atoms with Gasteiger partial charge in [-0.25, -0.2) is 0 Å². The van der Waals surface area contributed by atoms with E-state index >= 15 is 0 Å². The maximum atomic E-state index is 11.4. The highest BCUT2D eigenvalue weighted by Crippen LogP contribution is 2.52. The molecule has 0 spiro atoms. The number of carbonyl (C=O) groups excluding carboxylic acids is 1. The summed E-state index contributed by atoms with van der Waals surface area (Å²) >= 11 is 0. The van der Waals surface area contributed by atoms with Crippen LogP contribution in [0.3, 0.4) is 0 Å². The summed E-state index contributed by atoms with van der Waals surface area (Å²) in [6.07, 6.45) is 0.960. The molecule has 1 aliphatic carbocycles. The molecule has 0 aromatic rings. The Morgan fingerprint density at radius 2 is 2.25 bits per heavy atom. The topological polar surface area (TPSA) is 26.3 Å². The largest absolute Gasteiger partial charge is 0.461 e. The molecular weight excluding hydrogens is 152 g/mol. The molecule has 0 radical (unpaired) electrons. The molecule has 2 nitrogen and oxygen atoms in total. The molecule has 12 heavy (non-hydrogen) atoms. The van der Waals surface area contributed by atoms with Crippen LogP contribution >= 0.6 is 0 Å². The van der Waals surface area contributed by atoms with Crippen LogP contribution in [0.15, 0.2) is 12.2 Å². The lowest BCUT2D eigenvalue weighted by Crippen LogP contribution is -2.18. The zero-order valence-electron chi connectivity index (χ0n) is 8.02. The lowest BCUT2D eigenvalue weighted by atomic mass is 10.1. The van der Waals surface area contributed by atoms with Crippen molar-refractivity contribution in [3.8, 4) is 0 Å². The standard InChI is InChI=1S/C10H16O2/c1-7(2)6-12-9(11)10(4)5-8(10)3/h8H,1,5-6H2,2-4H3. The third kappa shape index (κ3) is 1.68. The van der Waals surface area contributed by atoms with Crippen LogP contribution in [0.2, 0.25) is 0 Å². The minimum Gasteiger partial charge on any atom is -0.461 e. The van der Waals surface area contributed by atoms with Crippen molar-refractivity contribution in [2.45, 2.75) is 27.2 Å². The summed E-state index contributed by atoms with van der Waals surface area (Å²) in [5.74, 6) is 0.410. The number of esters is 1. The fourth-order valence-electron chi connectivity index (χ4n) is 1.22. The summed E-state index contributed by atoms with van der Waals surface area (Å²) in [6.45, 7) is 9.91. The minimum absolute atomic E-state index is 0.0713. The number of carbonyl (C=O) groups is 1. The molecule has 1 rings (SSSR count). The van der Waals surface area contributed by atoms with Gasteiger partial charge in [-0.3, -0.25) is 4.79 Å². The molecule has 0 bridgehead atoms. The van der Waals surface area contributed by atoms with Gasteiger partial charge in [0.2, 0.25) is 0 Å². The maximum Gasteiger partial charge on any atom is 0.312 e. The molecule has 2 atom stereocenters. The van der Waals surface area contributed by atoms with Crippen LogP contribution in [0, 0.1) is 11.3 Å². The summed E-state index contributed by atoms with van der Waals surface area (Å²) in [5, 5.41) is 0. The Morgan fingerprint density at radius 1 is 1.75 bits per heavy atom. The predicted molar refractivity (Wildman–Crippen MR) is 47.7 cm³/mol. The molecule has 0 aliphatic heterocycles. The van der Waals surface area contributed by atoms with Crippen molar-refractivity contribution < 1.29 is 9.53 Å². The van der Waals surface area contributed by atoms with Crippen molar-refractivity contribution in [3.05, 3.63) is 12.2 Å². The van der Waals surface area contributed by atoms with Crippen molar-refractivity contribution in [1.82, 2.24) is 0 Å². The van der Waals surface area contributed by atoms with Crippen LogP contribution < -0.4 is 0 Å². The third-order valence-corrected chi connectivity index (χ3v) is 2.57. The van der Waals surface area contributed by atoms with E-state index in [0.717, 1.165) is 12.0 Å². The average molecular weight is 168 g/mol. The van der Waals surface area contributed by atoms with Crippen LogP contribution in [-0.2, 0) is 9.53 Å². The lowest BCUT2D eigenvalue weighted by Gasteiger charge is -2.09. The Kier molecular flexibility index (Phi) is 2.27. The molecule has 1 fully saturated rings. The van der Waals surface area contributed by atoms with E-state index in [9.17, 15) is 4.79 Å². The summed E-state index contributed by atoms with van der Waals surface area (Å²) < 4.78 is 5.06. The smallest absolute Gasteiger partial charge is 0.312 e. The number of ether oxygens (including phenoxy) is 1. The van der Waals surface area contributed by atoms with Gasteiger partial charge in [0, 0.05) is 0 Å². The highest BCUT2D eigenvalue weighted by atomic mass is 16.5. The van der Waals surface area contributed by atoms with Gasteiger partial charge in [-0.05, 0) is 31.8 Å². The SMILES string of the molecule is C=C(C)COC(=O)C1(C)CC1C. The first-order valence-electron chi connectivity index (χ1n) is 4.28. The molecule has 0 saturated heterocycles. The number of hydrogen-bond donors (Lipinski definition) is 0. The Bertz CT molecular complexity index is 220. The first-order chi connectivity index (χ1) is 5.47. The van der Waals surface area contributed by atoms with E-state index < -0.39 is 0 Å². The second-order valence-electron chi connectivity index (χ2n) is 4.06. The normalized spacial score (nSPS) is 32.8. The molecule has 0 N–H and O–H groups in total. The van der Waals surface area contributed by atoms with Gasteiger partial charge in [-0.15, -0.1) is 0 Å². The van der Waals surface area contributed by atoms with Crippen molar-refractivity contribution >= 4 is 5.97 Å². The fourth-order valence-corrected chi connectivity index (χ4v) is 1.22. The third-order valence-electron chi connectivity index (χ3n) is 2.57. The molecule has 2 heteroatoms. The van der Waals surface area contributed by atoms with Gasteiger partial charge in [0.1, 0.15) is 6.61 Å². The zero-order chi connectivity index (χ0) is 9.35. The van der Waals surface area contributed by atoms with E-state index in [-0.39, 0.29) is 11.4 Å². The van der Waals surface area contributed by atoms with Gasteiger partial charge in [0.25, 0.3) is 0 Å². The van der Waals surface area contributed by atoms with Crippen LogP contribution in [0.25, 0.3) is 0 Å². The second-order valence-corrected chi connectivity index (χ2v) is 4.06. The van der Waals surface area contributed by atoms with Gasteiger partial charge in [-0.2, -0.15) is 0 Å². The van der Waals surface area contributed by atoms with Crippen LogP contribution in [0.1, 0.15) is 27.2 Å². The van der Waals surface area contributed by atoms with Crippen LogP contribution in [0.4, 0.5) is 0 Å². The molecule has 0 aromatic carbocycles. The number of hydrogen-bond acceptors (Lipinski definition) is 2. The van der Waals surface area contributed by atoms with Gasteiger partial charge < -0.3 is 4.74 Å². The minimum atomic E-state index is -0.199. The molecule has 1 saturated carbocycles. The molecule has 2 unspecified atom stereocenters. The van der Waals surface area contributed by atoms with Crippen molar-refractivity contribution in [3.63, 3.8) is 0 Å². The maximum absolute atomic E-state index is 11.4. The van der Waals surface area contributed by atoms with Crippen molar-refractivity contribution in [2.75, 3.05) is 6.61 Å². The quantitative estimate of drug-likeness (QED) is 0.477. The zero-order valence-corrected chi connectivity index (χ0v) is 8.02. The monoisotopic (exact) mass is 168 g/mol. The first kappa shape index (κ1) is 9.30. The fraction of sp³-hybridized carbons (Fsp3) is 0.700. The Balaban J connectivity index is 2.35. The Hall–Kier alpha value is -0.790. The average Bonchev–Trinajstić information content (AvgIpc) is 2.56. The van der Waals surface area contributed by atoms with Gasteiger partial charge in [-0.1, -0.05) is 13.5 Å². The van der Waals surface area contributed by atoms with E-state index in [2.05, 4.69) is 13.5 Å². The molecule has 68 valence electrons. The summed E-state index contributed by atoms with van der Waals surface area (Å²) in [7, 11) is 0. The van der Waals surface area contributed by atoms with Gasteiger partial charge >= 0.3 is 5.97 Å². The summed E-state index contributed by atoms with van der Waals surface area (Å²) in [4.78, 5) is 11.4. The Morgan fingerprint density at radius 3 is 2.58 bits per heavy atom. The first-order valence-corrected chi connectivity index (χ1v) is 4.28. The number of rotatable bonds is 3. The highest BCUT2D eigenvalue weighted by molar-refractivity contribution is 5.80. The van der Waals surface area contributed by atoms with E-state index in [1.54, 1.807) is 0 Å². The Labute approximate surface area is 73.6 Å². The van der Waals surface area contributed by atoms with E-state index in [1.165, 1.54) is 0 Å². The highest BCUT2D eigenvalue weighted by Gasteiger charge is 2.54. The van der Waals surface area contributed by atoms with Crippen molar-refractivity contribution in [2.24, 2.45) is 11.3 Å². The van der Waals surface area contributed by atoms with E-state index in [0.29, 0.717) is 12.5 Å². The van der Waals surface area contributed by atoms with Crippen LogP contribution in [0.5, 0.6) is 0 Å². The molecule has 0 heterocycles. The van der Waals surface area contributed by atoms with Gasteiger partial charge in [0.05, 0.1) is 5.41 Å². The van der Waals surface area contributed by atoms with E-state index in [1.807, 2.05) is 13.8 Å². The van der Waals surface area contributed by atoms with Crippen LogP contribution in [-0.4, -0.2) is 12.6 Å². The molecule has 0 amide bonds. The van der Waals surface area contributed by atoms with Gasteiger partial charge in [0.15, 0.2) is 0 Å². The van der Waals surface area contributed by atoms with E-state index in [4.69, 9.17) is 4.74 Å². The van der Waals surface area contributed by atoms with Crippen molar-refractivity contribution in [1.29, 1.82) is 0 Å². The lowest BCUT2D eigenvalue weighted by molar-refractivity contribution is -0.149. The second kappa shape index (κ2) is 2.92. The summed E-state index contributed by atoms with van der Waals surface area (Å²) in [6, 6.07) is 0. The molecule has 1 aliphatic rings. The predicted octanol–water partition coefficient (Wildman–Crippen LogP) is 2.15. The summed E-state index contributed by atoms with van der Waals surface area (Å²) in [5.41, 5.74) is 0.690.